The number of carbonyl (C=O) groups is 1. The third-order valence-electron chi connectivity index (χ3n) is 4.46. The van der Waals surface area contributed by atoms with Crippen LogP contribution in [-0.4, -0.2) is 62.0 Å². The van der Waals surface area contributed by atoms with Gasteiger partial charge in [0.05, 0.1) is 13.2 Å². The Balaban J connectivity index is 1.68. The summed E-state index contributed by atoms with van der Waals surface area (Å²) in [6.45, 7) is 2.29. The molecule has 2 saturated heterocycles. The summed E-state index contributed by atoms with van der Waals surface area (Å²) in [6.07, 6.45) is -0.659. The van der Waals surface area contributed by atoms with Crippen LogP contribution in [0.4, 0.5) is 0 Å². The van der Waals surface area contributed by atoms with Crippen LogP contribution < -0.4 is 5.32 Å². The molecule has 2 fully saturated rings. The standard InChI is InChI=1S/C19H25NO7/c1-3-24-14(21)9-10-20-15-16(22)17-13(26-19(15)23-2)11-25-18(27-17)12-7-5-4-6-8-12/h4-10,13,15-20,22H,3,11H2,1-2H3/b10-9+/t13-,15-,16-,17-,18?,19+/m1/s1. The zero-order valence-corrected chi connectivity index (χ0v) is 15.3. The van der Waals surface area contributed by atoms with E-state index in [0.29, 0.717) is 0 Å². The fraction of sp³-hybridized carbons (Fsp3) is 0.526. The highest BCUT2D eigenvalue weighted by molar-refractivity contribution is 5.81. The number of fused-ring (bicyclic) bond motifs is 1. The number of ether oxygens (including phenoxy) is 5. The Labute approximate surface area is 158 Å². The molecule has 0 spiro atoms. The summed E-state index contributed by atoms with van der Waals surface area (Å²) in [4.78, 5) is 11.4. The van der Waals surface area contributed by atoms with Crippen molar-refractivity contribution >= 4 is 5.97 Å². The van der Waals surface area contributed by atoms with E-state index in [4.69, 9.17) is 23.7 Å². The molecule has 148 valence electrons. The highest BCUT2D eigenvalue weighted by Crippen LogP contribution is 2.34. The van der Waals surface area contributed by atoms with Crippen molar-refractivity contribution in [2.75, 3.05) is 20.3 Å². The first-order valence-electron chi connectivity index (χ1n) is 8.91. The maximum absolute atomic E-state index is 11.4. The number of aliphatic hydroxyl groups excluding tert-OH is 1. The minimum atomic E-state index is -0.935. The molecule has 0 amide bonds. The fourth-order valence-electron chi connectivity index (χ4n) is 3.17. The molecule has 1 aromatic rings. The molecule has 27 heavy (non-hydrogen) atoms. The summed E-state index contributed by atoms with van der Waals surface area (Å²) in [5.41, 5.74) is 0.865. The smallest absolute Gasteiger partial charge is 0.332 e. The fourth-order valence-corrected chi connectivity index (χ4v) is 3.17. The second-order valence-corrected chi connectivity index (χ2v) is 6.22. The van der Waals surface area contributed by atoms with Crippen molar-refractivity contribution in [3.63, 3.8) is 0 Å². The average molecular weight is 379 g/mol. The maximum atomic E-state index is 11.4. The van der Waals surface area contributed by atoms with Gasteiger partial charge in [-0.25, -0.2) is 4.79 Å². The van der Waals surface area contributed by atoms with Crippen molar-refractivity contribution in [2.24, 2.45) is 0 Å². The number of benzene rings is 1. The second-order valence-electron chi connectivity index (χ2n) is 6.22. The van der Waals surface area contributed by atoms with Crippen LogP contribution in [-0.2, 0) is 28.5 Å². The van der Waals surface area contributed by atoms with Gasteiger partial charge in [-0.3, -0.25) is 0 Å². The van der Waals surface area contributed by atoms with E-state index in [9.17, 15) is 9.90 Å². The van der Waals surface area contributed by atoms with E-state index < -0.39 is 42.9 Å². The molecule has 0 aliphatic carbocycles. The zero-order chi connectivity index (χ0) is 19.2. The first kappa shape index (κ1) is 19.8. The SMILES string of the molecule is CCOC(=O)/C=C/N[C@H]1[C@@H](OC)O[C@@H]2COC(c3ccccc3)O[C@H]2[C@@H]1O. The molecule has 0 radical (unpaired) electrons. The van der Waals surface area contributed by atoms with Crippen LogP contribution in [0.3, 0.4) is 0 Å². The lowest BCUT2D eigenvalue weighted by atomic mass is 9.96. The predicted octanol–water partition coefficient (Wildman–Crippen LogP) is 0.868. The van der Waals surface area contributed by atoms with Crippen LogP contribution in [0.5, 0.6) is 0 Å². The normalized spacial score (nSPS) is 33.4. The highest BCUT2D eigenvalue weighted by atomic mass is 16.7. The van der Waals surface area contributed by atoms with Crippen LogP contribution in [0, 0.1) is 0 Å². The molecule has 8 nitrogen and oxygen atoms in total. The van der Waals surface area contributed by atoms with Crippen molar-refractivity contribution in [1.82, 2.24) is 5.32 Å². The molecule has 2 aliphatic heterocycles. The van der Waals surface area contributed by atoms with Gasteiger partial charge in [-0.05, 0) is 6.92 Å². The summed E-state index contributed by atoms with van der Waals surface area (Å²) in [5, 5.41) is 13.8. The minimum Gasteiger partial charge on any atom is -0.463 e. The third-order valence-corrected chi connectivity index (χ3v) is 4.46. The summed E-state index contributed by atoms with van der Waals surface area (Å²) in [5.74, 6) is -0.477. The highest BCUT2D eigenvalue weighted by Gasteiger charge is 2.49. The number of methoxy groups -OCH3 is 1. The Kier molecular flexibility index (Phi) is 6.81. The van der Waals surface area contributed by atoms with Crippen molar-refractivity contribution in [3.8, 4) is 0 Å². The van der Waals surface area contributed by atoms with Gasteiger partial charge in [0.1, 0.15) is 24.4 Å². The van der Waals surface area contributed by atoms with Gasteiger partial charge in [-0.15, -0.1) is 0 Å². The Morgan fingerprint density at radius 3 is 2.81 bits per heavy atom. The number of esters is 1. The lowest BCUT2D eigenvalue weighted by molar-refractivity contribution is -0.341. The first-order chi connectivity index (χ1) is 13.1. The molecule has 6 atom stereocenters. The van der Waals surface area contributed by atoms with Crippen molar-refractivity contribution in [1.29, 1.82) is 0 Å². The Hall–Kier alpha value is -1.97. The van der Waals surface area contributed by atoms with Crippen LogP contribution >= 0.6 is 0 Å². The number of hydrogen-bond donors (Lipinski definition) is 2. The monoisotopic (exact) mass is 379 g/mol. The van der Waals surface area contributed by atoms with Crippen LogP contribution in [0.15, 0.2) is 42.6 Å². The van der Waals surface area contributed by atoms with E-state index in [1.54, 1.807) is 6.92 Å². The Bertz CT molecular complexity index is 638. The molecule has 2 heterocycles. The summed E-state index contributed by atoms with van der Waals surface area (Å²) in [6, 6.07) is 8.87. The van der Waals surface area contributed by atoms with Gasteiger partial charge in [0, 0.05) is 24.9 Å². The molecule has 8 heteroatoms. The van der Waals surface area contributed by atoms with Crippen LogP contribution in [0.2, 0.25) is 0 Å². The Morgan fingerprint density at radius 2 is 2.11 bits per heavy atom. The minimum absolute atomic E-state index is 0.270. The number of carbonyl (C=O) groups excluding carboxylic acids is 1. The molecule has 2 aliphatic rings. The topological polar surface area (TPSA) is 95.5 Å². The Morgan fingerprint density at radius 1 is 1.33 bits per heavy atom. The lowest BCUT2D eigenvalue weighted by Crippen LogP contribution is -2.65. The predicted molar refractivity (Wildman–Crippen MR) is 94.4 cm³/mol. The van der Waals surface area contributed by atoms with Gasteiger partial charge >= 0.3 is 5.97 Å². The molecule has 3 rings (SSSR count). The first-order valence-corrected chi connectivity index (χ1v) is 8.91. The number of rotatable bonds is 6. The van der Waals surface area contributed by atoms with Crippen molar-refractivity contribution in [2.45, 2.75) is 43.9 Å². The van der Waals surface area contributed by atoms with Gasteiger partial charge in [-0.1, -0.05) is 30.3 Å². The third kappa shape index (κ3) is 4.66. The molecular weight excluding hydrogens is 354 g/mol. The molecule has 1 aromatic carbocycles. The summed E-state index contributed by atoms with van der Waals surface area (Å²) >= 11 is 0. The van der Waals surface area contributed by atoms with Gasteiger partial charge in [-0.2, -0.15) is 0 Å². The molecule has 2 N–H and O–H groups in total. The maximum Gasteiger partial charge on any atom is 0.332 e. The number of aliphatic hydroxyl groups is 1. The van der Waals surface area contributed by atoms with E-state index in [0.717, 1.165) is 5.56 Å². The molecular formula is C19H25NO7. The summed E-state index contributed by atoms with van der Waals surface area (Å²) in [7, 11) is 1.48. The van der Waals surface area contributed by atoms with Gasteiger partial charge in [0.2, 0.25) is 0 Å². The molecule has 0 bridgehead atoms. The van der Waals surface area contributed by atoms with E-state index in [1.807, 2.05) is 30.3 Å². The van der Waals surface area contributed by atoms with Crippen LogP contribution in [0.25, 0.3) is 0 Å². The molecule has 0 aromatic heterocycles. The van der Waals surface area contributed by atoms with Crippen molar-refractivity contribution < 1.29 is 33.6 Å². The van der Waals surface area contributed by atoms with E-state index in [1.165, 1.54) is 19.4 Å². The molecule has 1 unspecified atom stereocenters. The largest absolute Gasteiger partial charge is 0.463 e. The van der Waals surface area contributed by atoms with Gasteiger partial charge in [0.25, 0.3) is 0 Å². The number of nitrogens with one attached hydrogen (secondary N) is 1. The zero-order valence-electron chi connectivity index (χ0n) is 15.3. The van der Waals surface area contributed by atoms with Crippen LogP contribution in [0.1, 0.15) is 18.8 Å². The number of hydrogen-bond acceptors (Lipinski definition) is 8. The summed E-state index contributed by atoms with van der Waals surface area (Å²) < 4.78 is 27.7. The quantitative estimate of drug-likeness (QED) is 0.555. The van der Waals surface area contributed by atoms with E-state index >= 15 is 0 Å². The van der Waals surface area contributed by atoms with E-state index in [2.05, 4.69) is 5.32 Å². The van der Waals surface area contributed by atoms with Gasteiger partial charge in [0.15, 0.2) is 12.6 Å². The average Bonchev–Trinajstić information content (AvgIpc) is 2.70. The van der Waals surface area contributed by atoms with Gasteiger partial charge < -0.3 is 34.1 Å². The van der Waals surface area contributed by atoms with Crippen molar-refractivity contribution in [3.05, 3.63) is 48.2 Å². The second kappa shape index (κ2) is 9.29. The lowest BCUT2D eigenvalue weighted by Gasteiger charge is -2.47. The van der Waals surface area contributed by atoms with E-state index in [-0.39, 0.29) is 13.2 Å². The molecule has 0 saturated carbocycles.